The third-order valence-corrected chi connectivity index (χ3v) is 6.83. The van der Waals surface area contributed by atoms with E-state index in [1.54, 1.807) is 0 Å². The van der Waals surface area contributed by atoms with Crippen LogP contribution in [0.5, 0.6) is 5.75 Å². The maximum atomic E-state index is 13.9. The number of nitrogens with one attached hydrogen (secondary N) is 1. The summed E-state index contributed by atoms with van der Waals surface area (Å²) in [5, 5.41) is 2.28. The van der Waals surface area contributed by atoms with Crippen LogP contribution in [0.2, 0.25) is 0 Å². The van der Waals surface area contributed by atoms with Gasteiger partial charge in [-0.2, -0.15) is 0 Å². The summed E-state index contributed by atoms with van der Waals surface area (Å²) in [6.07, 6.45) is 3.59. The monoisotopic (exact) mass is 462 g/mol. The number of nitrogens with zero attached hydrogens (tertiary/aromatic N) is 1. The molecule has 33 heavy (non-hydrogen) atoms. The summed E-state index contributed by atoms with van der Waals surface area (Å²) in [5.41, 5.74) is -1.58. The molecule has 2 fully saturated rings. The Hall–Kier alpha value is -3.14. The maximum Gasteiger partial charge on any atom is 0.257 e. The molecule has 3 heterocycles. The van der Waals surface area contributed by atoms with Crippen molar-refractivity contribution in [3.05, 3.63) is 62.8 Å². The summed E-state index contributed by atoms with van der Waals surface area (Å²) < 4.78 is 53.7. The van der Waals surface area contributed by atoms with Crippen LogP contribution in [0.3, 0.4) is 0 Å². The summed E-state index contributed by atoms with van der Waals surface area (Å²) in [7, 11) is 1.24. The van der Waals surface area contributed by atoms with Crippen LogP contribution in [0.25, 0.3) is 0 Å². The molecule has 1 aromatic carbocycles. The van der Waals surface area contributed by atoms with E-state index in [-0.39, 0.29) is 53.4 Å². The molecule has 0 spiro atoms. The summed E-state index contributed by atoms with van der Waals surface area (Å²) in [6.45, 7) is -0.326. The molecule has 7 nitrogen and oxygen atoms in total. The second-order valence-electron chi connectivity index (χ2n) is 8.70. The van der Waals surface area contributed by atoms with Gasteiger partial charge in [0.05, 0.1) is 25.2 Å². The molecular formula is C23H21F3N2O5. The summed E-state index contributed by atoms with van der Waals surface area (Å²) in [4.78, 5) is 39.1. The van der Waals surface area contributed by atoms with E-state index in [0.29, 0.717) is 12.1 Å². The number of aromatic nitrogens is 1. The third kappa shape index (κ3) is 3.52. The zero-order valence-corrected chi connectivity index (χ0v) is 17.7. The molecule has 2 unspecified atom stereocenters. The Kier molecular flexibility index (Phi) is 5.27. The summed E-state index contributed by atoms with van der Waals surface area (Å²) >= 11 is 0. The van der Waals surface area contributed by atoms with Crippen molar-refractivity contribution in [1.29, 1.82) is 0 Å². The Morgan fingerprint density at radius 2 is 1.94 bits per heavy atom. The van der Waals surface area contributed by atoms with Gasteiger partial charge in [0.1, 0.15) is 28.7 Å². The molecule has 3 aliphatic rings. The van der Waals surface area contributed by atoms with E-state index in [4.69, 9.17) is 9.47 Å². The highest BCUT2D eigenvalue weighted by Crippen LogP contribution is 2.45. The molecule has 1 aliphatic carbocycles. The number of fused-ring (bicyclic) bond motifs is 5. The number of hydrogen-bond acceptors (Lipinski definition) is 5. The highest BCUT2D eigenvalue weighted by atomic mass is 19.1. The van der Waals surface area contributed by atoms with Crippen LogP contribution in [0, 0.1) is 29.3 Å². The quantitative estimate of drug-likeness (QED) is 0.755. The van der Waals surface area contributed by atoms with Gasteiger partial charge in [-0.1, -0.05) is 0 Å². The van der Waals surface area contributed by atoms with Crippen LogP contribution < -0.4 is 15.5 Å². The predicted molar refractivity (Wildman–Crippen MR) is 109 cm³/mol. The van der Waals surface area contributed by atoms with E-state index in [1.165, 1.54) is 17.9 Å². The van der Waals surface area contributed by atoms with Crippen molar-refractivity contribution in [1.82, 2.24) is 9.88 Å². The minimum absolute atomic E-state index is 0.102. The standard InChI is InChI=1S/C23H21F3N2O5/c1-32-22-19-21(30)18-10-2-3-12(4-10)33-17(18)9-28(19)8-14(20(22)29)23(31)27-7-13-15(25)5-11(24)6-16(13)26/h5-6,8,10,12,17-18H,2-4,7,9H2,1H3,(H,27,31)/t10?,12?,17-,18+/m1/s1. The fourth-order valence-corrected chi connectivity index (χ4v) is 5.34. The largest absolute Gasteiger partial charge is 0.491 e. The van der Waals surface area contributed by atoms with Crippen molar-refractivity contribution in [2.24, 2.45) is 11.8 Å². The fraction of sp³-hybridized carbons (Fsp3) is 0.435. The van der Waals surface area contributed by atoms with E-state index in [2.05, 4.69) is 5.32 Å². The number of rotatable bonds is 4. The number of hydrogen-bond donors (Lipinski definition) is 1. The molecule has 1 saturated heterocycles. The van der Waals surface area contributed by atoms with Crippen molar-refractivity contribution < 1.29 is 32.2 Å². The lowest BCUT2D eigenvalue weighted by Gasteiger charge is -2.40. The molecule has 1 amide bonds. The van der Waals surface area contributed by atoms with Gasteiger partial charge in [0.25, 0.3) is 5.91 Å². The molecule has 2 aliphatic heterocycles. The first-order chi connectivity index (χ1) is 15.8. The zero-order chi connectivity index (χ0) is 23.4. The Morgan fingerprint density at radius 3 is 2.64 bits per heavy atom. The minimum Gasteiger partial charge on any atom is -0.491 e. The Balaban J connectivity index is 1.47. The van der Waals surface area contributed by atoms with Crippen LogP contribution in [0.1, 0.15) is 45.7 Å². The van der Waals surface area contributed by atoms with Crippen molar-refractivity contribution in [2.45, 2.75) is 44.6 Å². The first-order valence-electron chi connectivity index (χ1n) is 10.7. The SMILES string of the molecule is COc1c2n(cc(C(=O)NCc3c(F)cc(F)cc3F)c1=O)C[C@H]1OC3CCC(C3)[C@@H]1C2=O. The van der Waals surface area contributed by atoms with Crippen LogP contribution in [-0.4, -0.2) is 35.6 Å². The number of benzene rings is 1. The molecule has 2 bridgehead atoms. The molecule has 1 saturated carbocycles. The van der Waals surface area contributed by atoms with Crippen LogP contribution >= 0.6 is 0 Å². The first-order valence-corrected chi connectivity index (χ1v) is 10.7. The molecule has 174 valence electrons. The maximum absolute atomic E-state index is 13.9. The Bertz CT molecular complexity index is 1200. The number of ether oxygens (including phenoxy) is 2. The normalized spacial score (nSPS) is 25.4. The summed E-state index contributed by atoms with van der Waals surface area (Å²) in [6, 6.07) is 1.00. The number of amides is 1. The molecule has 10 heteroatoms. The molecule has 5 rings (SSSR count). The van der Waals surface area contributed by atoms with Gasteiger partial charge in [-0.25, -0.2) is 13.2 Å². The van der Waals surface area contributed by atoms with Gasteiger partial charge in [-0.3, -0.25) is 14.4 Å². The second kappa shape index (κ2) is 8.02. The van der Waals surface area contributed by atoms with E-state index in [1.807, 2.05) is 0 Å². The zero-order valence-electron chi connectivity index (χ0n) is 17.7. The van der Waals surface area contributed by atoms with Crippen molar-refractivity contribution in [3.63, 3.8) is 0 Å². The summed E-state index contributed by atoms with van der Waals surface area (Å²) in [5.74, 6) is -4.96. The molecule has 2 aromatic rings. The molecule has 1 N–H and O–H groups in total. The number of carbonyl (C=O) groups excluding carboxylic acids is 2. The smallest absolute Gasteiger partial charge is 0.257 e. The lowest BCUT2D eigenvalue weighted by Crippen LogP contribution is -2.49. The van der Waals surface area contributed by atoms with Gasteiger partial charge in [0, 0.05) is 37.0 Å². The topological polar surface area (TPSA) is 86.6 Å². The van der Waals surface area contributed by atoms with Gasteiger partial charge in [-0.05, 0) is 25.2 Å². The lowest BCUT2D eigenvalue weighted by atomic mass is 9.78. The number of carbonyl (C=O) groups is 2. The number of methoxy groups -OCH3 is 1. The van der Waals surface area contributed by atoms with E-state index in [0.717, 1.165) is 19.3 Å². The Labute approximate surface area is 186 Å². The first kappa shape index (κ1) is 21.7. The number of halogens is 3. The minimum atomic E-state index is -1.16. The number of pyridine rings is 1. The molecule has 0 radical (unpaired) electrons. The van der Waals surface area contributed by atoms with Crippen molar-refractivity contribution >= 4 is 11.7 Å². The predicted octanol–water partition coefficient (Wildman–Crippen LogP) is 2.58. The van der Waals surface area contributed by atoms with Gasteiger partial charge < -0.3 is 19.4 Å². The second-order valence-corrected chi connectivity index (χ2v) is 8.70. The van der Waals surface area contributed by atoms with Crippen LogP contribution in [-0.2, 0) is 17.8 Å². The van der Waals surface area contributed by atoms with E-state index in [9.17, 15) is 27.6 Å². The molecule has 1 aromatic heterocycles. The van der Waals surface area contributed by atoms with E-state index >= 15 is 0 Å². The average molecular weight is 462 g/mol. The van der Waals surface area contributed by atoms with Crippen molar-refractivity contribution in [3.8, 4) is 5.75 Å². The van der Waals surface area contributed by atoms with Gasteiger partial charge >= 0.3 is 0 Å². The lowest BCUT2D eigenvalue weighted by molar-refractivity contribution is -0.0815. The van der Waals surface area contributed by atoms with Gasteiger partial charge in [-0.15, -0.1) is 0 Å². The highest BCUT2D eigenvalue weighted by Gasteiger charge is 2.50. The van der Waals surface area contributed by atoms with Crippen LogP contribution in [0.4, 0.5) is 13.2 Å². The van der Waals surface area contributed by atoms with Crippen LogP contribution in [0.15, 0.2) is 23.1 Å². The molecular weight excluding hydrogens is 441 g/mol. The van der Waals surface area contributed by atoms with Gasteiger partial charge in [0.2, 0.25) is 5.43 Å². The van der Waals surface area contributed by atoms with Crippen molar-refractivity contribution in [2.75, 3.05) is 7.11 Å². The Morgan fingerprint density at radius 1 is 1.21 bits per heavy atom. The number of Topliss-reactive ketones (excluding diaryl/α,β-unsaturated/α-hetero) is 1. The average Bonchev–Trinajstić information content (AvgIpc) is 3.13. The third-order valence-electron chi connectivity index (χ3n) is 6.83. The molecule has 4 atom stereocenters. The highest BCUT2D eigenvalue weighted by molar-refractivity contribution is 6.02. The van der Waals surface area contributed by atoms with Gasteiger partial charge in [0.15, 0.2) is 11.5 Å². The van der Waals surface area contributed by atoms with E-state index < -0.39 is 40.9 Å². The fourth-order valence-electron chi connectivity index (χ4n) is 5.34. The number of ketones is 1.